The van der Waals surface area contributed by atoms with Crippen molar-refractivity contribution in [2.24, 2.45) is 0 Å². The smallest absolute Gasteiger partial charge is 0.265 e. The van der Waals surface area contributed by atoms with E-state index < -0.39 is 0 Å². The second-order valence-electron chi connectivity index (χ2n) is 4.84. The fraction of sp³-hybridized carbons (Fsp3) is 0.250. The topological polar surface area (TPSA) is 58.2 Å². The van der Waals surface area contributed by atoms with Gasteiger partial charge in [0, 0.05) is 12.2 Å². The van der Waals surface area contributed by atoms with E-state index >= 15 is 0 Å². The highest BCUT2D eigenvalue weighted by atomic mass is 35.5. The molecule has 0 aliphatic heterocycles. The summed E-state index contributed by atoms with van der Waals surface area (Å²) in [6.07, 6.45) is 0.859. The first-order valence-electron chi connectivity index (χ1n) is 6.96. The lowest BCUT2D eigenvalue weighted by Crippen LogP contribution is -2.24. The summed E-state index contributed by atoms with van der Waals surface area (Å²) >= 11 is 7.52. The Labute approximate surface area is 138 Å². The Morgan fingerprint density at radius 2 is 2.00 bits per heavy atom. The van der Waals surface area contributed by atoms with Crippen molar-refractivity contribution >= 4 is 40.4 Å². The molecular weight excluding hydrogens is 320 g/mol. The molecule has 0 unspecified atom stereocenters. The standard InChI is InChI=1S/C16H17ClN2O2S/c1-3-7-18-15(20)12-5-4-11(9-13(12)17)19-16(21)14-10(2)6-8-22-14/h4-6,8-9H,3,7H2,1-2H3,(H,18,20)(H,19,21). The van der Waals surface area contributed by atoms with Crippen molar-refractivity contribution in [3.05, 3.63) is 50.7 Å². The minimum Gasteiger partial charge on any atom is -0.352 e. The quantitative estimate of drug-likeness (QED) is 0.863. The third-order valence-corrected chi connectivity index (χ3v) is 4.40. The summed E-state index contributed by atoms with van der Waals surface area (Å²) in [6.45, 7) is 4.47. The fourth-order valence-corrected chi connectivity index (χ4v) is 2.99. The number of amides is 2. The highest BCUT2D eigenvalue weighted by molar-refractivity contribution is 7.12. The minimum atomic E-state index is -0.209. The maximum absolute atomic E-state index is 12.1. The number of aryl methyl sites for hydroxylation is 1. The van der Waals surface area contributed by atoms with Crippen LogP contribution in [0.4, 0.5) is 5.69 Å². The van der Waals surface area contributed by atoms with E-state index in [9.17, 15) is 9.59 Å². The zero-order chi connectivity index (χ0) is 16.1. The van der Waals surface area contributed by atoms with Crippen molar-refractivity contribution in [2.45, 2.75) is 20.3 Å². The fourth-order valence-electron chi connectivity index (χ4n) is 1.90. The van der Waals surface area contributed by atoms with E-state index in [4.69, 9.17) is 11.6 Å². The molecule has 4 nitrogen and oxygen atoms in total. The summed E-state index contributed by atoms with van der Waals surface area (Å²) in [5.74, 6) is -0.384. The van der Waals surface area contributed by atoms with Crippen LogP contribution >= 0.6 is 22.9 Å². The van der Waals surface area contributed by atoms with Crippen molar-refractivity contribution in [1.29, 1.82) is 0 Å². The molecule has 0 saturated carbocycles. The van der Waals surface area contributed by atoms with Crippen LogP contribution in [0.2, 0.25) is 5.02 Å². The highest BCUT2D eigenvalue weighted by Crippen LogP contribution is 2.23. The summed E-state index contributed by atoms with van der Waals surface area (Å²) in [5, 5.41) is 7.75. The molecule has 0 atom stereocenters. The number of thiophene rings is 1. The zero-order valence-electron chi connectivity index (χ0n) is 12.4. The number of carbonyl (C=O) groups excluding carboxylic acids is 2. The molecule has 0 bridgehead atoms. The lowest BCUT2D eigenvalue weighted by Gasteiger charge is -2.09. The Kier molecular flexibility index (Phi) is 5.57. The predicted octanol–water partition coefficient (Wildman–Crippen LogP) is 4.10. The second kappa shape index (κ2) is 7.42. The van der Waals surface area contributed by atoms with E-state index in [0.717, 1.165) is 12.0 Å². The van der Waals surface area contributed by atoms with Crippen LogP contribution in [0.15, 0.2) is 29.6 Å². The number of benzene rings is 1. The Morgan fingerprint density at radius 1 is 1.23 bits per heavy atom. The number of anilines is 1. The SMILES string of the molecule is CCCNC(=O)c1ccc(NC(=O)c2sccc2C)cc1Cl. The maximum Gasteiger partial charge on any atom is 0.265 e. The highest BCUT2D eigenvalue weighted by Gasteiger charge is 2.13. The normalized spacial score (nSPS) is 10.3. The molecule has 116 valence electrons. The predicted molar refractivity (Wildman–Crippen MR) is 91.1 cm³/mol. The van der Waals surface area contributed by atoms with Gasteiger partial charge in [-0.25, -0.2) is 0 Å². The Balaban J connectivity index is 2.11. The van der Waals surface area contributed by atoms with Crippen molar-refractivity contribution < 1.29 is 9.59 Å². The summed E-state index contributed by atoms with van der Waals surface area (Å²) in [6, 6.07) is 6.77. The Morgan fingerprint density at radius 3 is 2.59 bits per heavy atom. The summed E-state index contributed by atoms with van der Waals surface area (Å²) < 4.78 is 0. The van der Waals surface area contributed by atoms with Crippen LogP contribution in [0.1, 0.15) is 38.9 Å². The van der Waals surface area contributed by atoms with E-state index in [-0.39, 0.29) is 11.8 Å². The van der Waals surface area contributed by atoms with E-state index in [1.165, 1.54) is 11.3 Å². The molecule has 6 heteroatoms. The van der Waals surface area contributed by atoms with E-state index in [1.54, 1.807) is 18.2 Å². The number of rotatable bonds is 5. The second-order valence-corrected chi connectivity index (χ2v) is 6.16. The molecule has 1 aromatic carbocycles. The molecular formula is C16H17ClN2O2S. The average Bonchev–Trinajstić information content (AvgIpc) is 2.91. The molecule has 0 aliphatic carbocycles. The van der Waals surface area contributed by atoms with Gasteiger partial charge in [0.05, 0.1) is 15.5 Å². The summed E-state index contributed by atoms with van der Waals surface area (Å²) in [7, 11) is 0. The van der Waals surface area contributed by atoms with E-state index in [0.29, 0.717) is 27.7 Å². The van der Waals surface area contributed by atoms with Gasteiger partial charge in [-0.15, -0.1) is 11.3 Å². The van der Waals surface area contributed by atoms with Gasteiger partial charge >= 0.3 is 0 Å². The molecule has 1 aromatic heterocycles. The number of hydrogen-bond acceptors (Lipinski definition) is 3. The Hall–Kier alpha value is -1.85. The first-order valence-corrected chi connectivity index (χ1v) is 8.22. The third-order valence-electron chi connectivity index (χ3n) is 3.08. The molecule has 2 amide bonds. The largest absolute Gasteiger partial charge is 0.352 e. The molecule has 2 rings (SSSR count). The molecule has 0 spiro atoms. The molecule has 2 aromatic rings. The number of hydrogen-bond donors (Lipinski definition) is 2. The van der Waals surface area contributed by atoms with Gasteiger partial charge in [-0.3, -0.25) is 9.59 Å². The summed E-state index contributed by atoms with van der Waals surface area (Å²) in [4.78, 5) is 24.7. The van der Waals surface area contributed by atoms with Gasteiger partial charge in [0.15, 0.2) is 0 Å². The van der Waals surface area contributed by atoms with Gasteiger partial charge in [-0.05, 0) is 48.6 Å². The van der Waals surface area contributed by atoms with Gasteiger partial charge in [0.25, 0.3) is 11.8 Å². The van der Waals surface area contributed by atoms with Crippen LogP contribution in [0.3, 0.4) is 0 Å². The van der Waals surface area contributed by atoms with Crippen molar-refractivity contribution in [3.8, 4) is 0 Å². The van der Waals surface area contributed by atoms with Crippen LogP contribution in [0, 0.1) is 6.92 Å². The Bertz CT molecular complexity index is 697. The average molecular weight is 337 g/mol. The van der Waals surface area contributed by atoms with E-state index in [2.05, 4.69) is 10.6 Å². The monoisotopic (exact) mass is 336 g/mol. The molecule has 0 saturated heterocycles. The molecule has 1 heterocycles. The van der Waals surface area contributed by atoms with Gasteiger partial charge in [0.2, 0.25) is 0 Å². The minimum absolute atomic E-state index is 0.174. The maximum atomic E-state index is 12.1. The van der Waals surface area contributed by atoms with Crippen molar-refractivity contribution in [3.63, 3.8) is 0 Å². The van der Waals surface area contributed by atoms with Crippen LogP contribution < -0.4 is 10.6 Å². The van der Waals surface area contributed by atoms with E-state index in [1.807, 2.05) is 25.3 Å². The van der Waals surface area contributed by atoms with Gasteiger partial charge in [0.1, 0.15) is 0 Å². The van der Waals surface area contributed by atoms with Crippen LogP contribution in [-0.4, -0.2) is 18.4 Å². The van der Waals surface area contributed by atoms with Gasteiger partial charge in [-0.2, -0.15) is 0 Å². The lowest BCUT2D eigenvalue weighted by atomic mass is 10.2. The van der Waals surface area contributed by atoms with Crippen LogP contribution in [-0.2, 0) is 0 Å². The molecule has 2 N–H and O–H groups in total. The van der Waals surface area contributed by atoms with Crippen LogP contribution in [0.5, 0.6) is 0 Å². The van der Waals surface area contributed by atoms with Gasteiger partial charge in [-0.1, -0.05) is 18.5 Å². The third kappa shape index (κ3) is 3.87. The molecule has 0 fully saturated rings. The molecule has 22 heavy (non-hydrogen) atoms. The van der Waals surface area contributed by atoms with Crippen LogP contribution in [0.25, 0.3) is 0 Å². The summed E-state index contributed by atoms with van der Waals surface area (Å²) in [5.41, 5.74) is 1.90. The molecule has 0 radical (unpaired) electrons. The molecule has 0 aliphatic rings. The first kappa shape index (κ1) is 16.5. The lowest BCUT2D eigenvalue weighted by molar-refractivity contribution is 0.0953. The van der Waals surface area contributed by atoms with Crippen molar-refractivity contribution in [1.82, 2.24) is 5.32 Å². The first-order chi connectivity index (χ1) is 10.5. The number of nitrogens with one attached hydrogen (secondary N) is 2. The number of carbonyl (C=O) groups is 2. The zero-order valence-corrected chi connectivity index (χ0v) is 14.0. The van der Waals surface area contributed by atoms with Crippen molar-refractivity contribution in [2.75, 3.05) is 11.9 Å². The number of halogens is 1. The van der Waals surface area contributed by atoms with Gasteiger partial charge < -0.3 is 10.6 Å².